The number of nitrogens with one attached hydrogen (secondary N) is 2. The Kier molecular flexibility index (Phi) is 5.14. The maximum absolute atomic E-state index is 14.5. The van der Waals surface area contributed by atoms with Crippen molar-refractivity contribution in [2.45, 2.75) is 25.5 Å². The largest absolute Gasteiger partial charge is 0.390 e. The van der Waals surface area contributed by atoms with Gasteiger partial charge in [-0.2, -0.15) is 0 Å². The Morgan fingerprint density at radius 2 is 1.94 bits per heavy atom. The molecule has 4 aromatic rings. The normalized spacial score (nSPS) is 17.1. The molecule has 1 aliphatic carbocycles. The van der Waals surface area contributed by atoms with Crippen LogP contribution in [0.3, 0.4) is 0 Å². The first-order valence-electron chi connectivity index (χ1n) is 10.5. The van der Waals surface area contributed by atoms with Gasteiger partial charge in [0.25, 0.3) is 11.8 Å². The summed E-state index contributed by atoms with van der Waals surface area (Å²) in [5.74, 6) is -1.70. The zero-order valence-corrected chi connectivity index (χ0v) is 17.7. The molecule has 0 spiro atoms. The predicted octanol–water partition coefficient (Wildman–Crippen LogP) is 3.42. The number of fused-ring (bicyclic) bond motifs is 2. The number of anilines is 1. The Morgan fingerprint density at radius 3 is 2.79 bits per heavy atom. The van der Waals surface area contributed by atoms with Crippen molar-refractivity contribution in [2.75, 3.05) is 5.32 Å². The molecule has 1 aliphatic rings. The molecule has 5 rings (SSSR count). The van der Waals surface area contributed by atoms with E-state index in [1.807, 2.05) is 37.3 Å². The highest BCUT2D eigenvalue weighted by atomic mass is 19.1. The topological polar surface area (TPSA) is 95.7 Å². The van der Waals surface area contributed by atoms with E-state index < -0.39 is 29.8 Å². The van der Waals surface area contributed by atoms with Crippen LogP contribution in [0.15, 0.2) is 67.0 Å². The van der Waals surface area contributed by atoms with Crippen LogP contribution in [0.4, 0.5) is 10.1 Å². The number of aryl methyl sites for hydroxylation is 1. The summed E-state index contributed by atoms with van der Waals surface area (Å²) < 4.78 is 16.1. The van der Waals surface area contributed by atoms with Crippen LogP contribution in [0.5, 0.6) is 0 Å². The van der Waals surface area contributed by atoms with Crippen LogP contribution < -0.4 is 10.6 Å². The number of hydrogen-bond donors (Lipinski definition) is 3. The number of aliphatic hydroxyl groups is 1. The minimum absolute atomic E-state index is 0.123. The van der Waals surface area contributed by atoms with Crippen molar-refractivity contribution >= 4 is 23.1 Å². The lowest BCUT2D eigenvalue weighted by Crippen LogP contribution is -2.34. The molecule has 3 N–H and O–H groups in total. The molecule has 0 bridgehead atoms. The van der Waals surface area contributed by atoms with Crippen LogP contribution in [0, 0.1) is 12.7 Å². The molecule has 166 valence electrons. The van der Waals surface area contributed by atoms with Crippen molar-refractivity contribution in [3.05, 3.63) is 101 Å². The van der Waals surface area contributed by atoms with Gasteiger partial charge in [0.1, 0.15) is 17.2 Å². The van der Waals surface area contributed by atoms with Gasteiger partial charge in [-0.25, -0.2) is 9.37 Å². The van der Waals surface area contributed by atoms with Gasteiger partial charge in [0.05, 0.1) is 24.0 Å². The fourth-order valence-electron chi connectivity index (χ4n) is 4.18. The fourth-order valence-corrected chi connectivity index (χ4v) is 4.18. The third-order valence-corrected chi connectivity index (χ3v) is 5.85. The van der Waals surface area contributed by atoms with E-state index in [-0.39, 0.29) is 16.9 Å². The number of nitrogens with zero attached hydrogens (tertiary/aromatic N) is 2. The number of hydrogen-bond acceptors (Lipinski definition) is 4. The number of aliphatic hydroxyl groups excluding tert-OH is 1. The molecule has 2 aromatic carbocycles. The van der Waals surface area contributed by atoms with Crippen LogP contribution in [0.1, 0.15) is 43.6 Å². The summed E-state index contributed by atoms with van der Waals surface area (Å²) in [7, 11) is 0. The molecule has 8 heteroatoms. The number of rotatable bonds is 4. The quantitative estimate of drug-likeness (QED) is 0.450. The summed E-state index contributed by atoms with van der Waals surface area (Å²) in [5.41, 5.74) is 3.65. The molecule has 7 nitrogen and oxygen atoms in total. The van der Waals surface area contributed by atoms with E-state index in [4.69, 9.17) is 0 Å². The molecular weight excluding hydrogens is 423 g/mol. The summed E-state index contributed by atoms with van der Waals surface area (Å²) in [6.45, 7) is 1.89. The SMILES string of the molecule is Cc1ccc2ncc(C(=O)Nc3cc(C(=O)NC4c5ccccc5CC4O)ccc3F)n2c1. The molecule has 2 unspecified atom stereocenters. The number of carbonyl (C=O) groups is 2. The summed E-state index contributed by atoms with van der Waals surface area (Å²) >= 11 is 0. The Hall–Kier alpha value is -4.04. The standard InChI is InChI=1S/C25H21FN4O3/c1-14-6-9-22-27-12-20(30(22)13-14)25(33)28-19-10-16(7-8-18(19)26)24(32)29-23-17-5-3-2-4-15(17)11-21(23)31/h2-10,12-13,21,23,31H,11H2,1H3,(H,28,33)(H,29,32). The monoisotopic (exact) mass is 444 g/mol. The lowest BCUT2D eigenvalue weighted by atomic mass is 10.1. The lowest BCUT2D eigenvalue weighted by molar-refractivity contribution is 0.0857. The molecule has 0 radical (unpaired) electrons. The highest BCUT2D eigenvalue weighted by Crippen LogP contribution is 2.31. The van der Waals surface area contributed by atoms with E-state index in [0.29, 0.717) is 12.1 Å². The number of aromatic nitrogens is 2. The minimum Gasteiger partial charge on any atom is -0.390 e. The second-order valence-corrected chi connectivity index (χ2v) is 8.15. The molecule has 0 aliphatic heterocycles. The maximum atomic E-state index is 14.5. The first kappa shape index (κ1) is 20.8. The number of amides is 2. The van der Waals surface area contributed by atoms with Crippen LogP contribution in [-0.4, -0.2) is 32.4 Å². The van der Waals surface area contributed by atoms with Crippen molar-refractivity contribution in [2.24, 2.45) is 0 Å². The van der Waals surface area contributed by atoms with Crippen LogP contribution in [-0.2, 0) is 6.42 Å². The number of halogens is 1. The van der Waals surface area contributed by atoms with Gasteiger partial charge in [-0.1, -0.05) is 30.3 Å². The van der Waals surface area contributed by atoms with Gasteiger partial charge >= 0.3 is 0 Å². The molecule has 2 aromatic heterocycles. The first-order chi connectivity index (χ1) is 15.9. The third-order valence-electron chi connectivity index (χ3n) is 5.85. The molecular formula is C25H21FN4O3. The van der Waals surface area contributed by atoms with E-state index in [1.165, 1.54) is 18.3 Å². The zero-order chi connectivity index (χ0) is 23.1. The van der Waals surface area contributed by atoms with Gasteiger partial charge in [0.2, 0.25) is 0 Å². The number of benzene rings is 2. The van der Waals surface area contributed by atoms with Gasteiger partial charge in [0.15, 0.2) is 0 Å². The molecule has 2 amide bonds. The second kappa shape index (κ2) is 8.14. The summed E-state index contributed by atoms with van der Waals surface area (Å²) in [6, 6.07) is 14.4. The van der Waals surface area contributed by atoms with E-state index >= 15 is 0 Å². The van der Waals surface area contributed by atoms with Crippen LogP contribution in [0.25, 0.3) is 5.65 Å². The van der Waals surface area contributed by atoms with E-state index in [9.17, 15) is 19.1 Å². The molecule has 0 saturated heterocycles. The number of imidazole rings is 1. The van der Waals surface area contributed by atoms with Gasteiger partial charge in [-0.15, -0.1) is 0 Å². The van der Waals surface area contributed by atoms with Crippen molar-refractivity contribution < 1.29 is 19.1 Å². The van der Waals surface area contributed by atoms with Crippen LogP contribution in [0.2, 0.25) is 0 Å². The Morgan fingerprint density at radius 1 is 1.12 bits per heavy atom. The van der Waals surface area contributed by atoms with Crippen molar-refractivity contribution in [3.8, 4) is 0 Å². The van der Waals surface area contributed by atoms with E-state index in [1.54, 1.807) is 16.7 Å². The van der Waals surface area contributed by atoms with Crippen molar-refractivity contribution in [1.29, 1.82) is 0 Å². The molecule has 33 heavy (non-hydrogen) atoms. The zero-order valence-electron chi connectivity index (χ0n) is 17.7. The summed E-state index contributed by atoms with van der Waals surface area (Å²) in [5, 5.41) is 15.7. The average Bonchev–Trinajstić information content (AvgIpc) is 3.35. The van der Waals surface area contributed by atoms with Gasteiger partial charge < -0.3 is 15.7 Å². The highest BCUT2D eigenvalue weighted by Gasteiger charge is 2.32. The average molecular weight is 444 g/mol. The lowest BCUT2D eigenvalue weighted by Gasteiger charge is -2.18. The Bertz CT molecular complexity index is 1400. The number of pyridine rings is 1. The fraction of sp³-hybridized carbons (Fsp3) is 0.160. The molecule has 2 heterocycles. The van der Waals surface area contributed by atoms with Crippen molar-refractivity contribution in [3.63, 3.8) is 0 Å². The molecule has 0 saturated carbocycles. The molecule has 0 fully saturated rings. The van der Waals surface area contributed by atoms with E-state index in [0.717, 1.165) is 22.8 Å². The number of carbonyl (C=O) groups excluding carboxylic acids is 2. The Labute approximate surface area is 188 Å². The van der Waals surface area contributed by atoms with Crippen molar-refractivity contribution in [1.82, 2.24) is 14.7 Å². The summed E-state index contributed by atoms with van der Waals surface area (Å²) in [4.78, 5) is 29.9. The van der Waals surface area contributed by atoms with Gasteiger partial charge in [-0.3, -0.25) is 14.0 Å². The summed E-state index contributed by atoms with van der Waals surface area (Å²) in [6.07, 6.45) is 2.88. The van der Waals surface area contributed by atoms with Gasteiger partial charge in [0, 0.05) is 18.2 Å². The highest BCUT2D eigenvalue weighted by molar-refractivity contribution is 6.04. The predicted molar refractivity (Wildman–Crippen MR) is 121 cm³/mol. The van der Waals surface area contributed by atoms with Gasteiger partial charge in [-0.05, 0) is 47.9 Å². The third kappa shape index (κ3) is 3.85. The second-order valence-electron chi connectivity index (χ2n) is 8.15. The van der Waals surface area contributed by atoms with E-state index in [2.05, 4.69) is 15.6 Å². The Balaban J connectivity index is 1.37. The molecule has 2 atom stereocenters. The first-order valence-corrected chi connectivity index (χ1v) is 10.5. The van der Waals surface area contributed by atoms with Crippen LogP contribution >= 0.6 is 0 Å². The smallest absolute Gasteiger partial charge is 0.274 e. The minimum atomic E-state index is -0.746. The maximum Gasteiger partial charge on any atom is 0.274 e.